The molecule has 3 N–H and O–H groups in total. The predicted octanol–water partition coefficient (Wildman–Crippen LogP) is 1.08. The Balaban J connectivity index is 4.00. The highest BCUT2D eigenvalue weighted by Crippen LogP contribution is 2.36. The Labute approximate surface area is 64.0 Å². The average molecular weight is 170 g/mol. The van der Waals surface area contributed by atoms with Crippen LogP contribution in [0.25, 0.3) is 0 Å². The molecule has 0 atom stereocenters. The second-order valence-corrected chi connectivity index (χ2v) is 3.01. The highest BCUT2D eigenvalue weighted by molar-refractivity contribution is 4.78. The average Bonchev–Trinajstić information content (AvgIpc) is 1.81. The van der Waals surface area contributed by atoms with Gasteiger partial charge in [-0.25, -0.2) is 0 Å². The molecule has 0 aromatic heterocycles. The van der Waals surface area contributed by atoms with Gasteiger partial charge >= 0.3 is 6.18 Å². The molecule has 0 unspecified atom stereocenters. The van der Waals surface area contributed by atoms with E-state index in [0.29, 0.717) is 0 Å². The van der Waals surface area contributed by atoms with E-state index in [4.69, 9.17) is 5.73 Å². The summed E-state index contributed by atoms with van der Waals surface area (Å²) in [6.45, 7) is 2.19. The quantitative estimate of drug-likeness (QED) is 0.622. The van der Waals surface area contributed by atoms with Crippen molar-refractivity contribution in [1.29, 1.82) is 0 Å². The fourth-order valence-corrected chi connectivity index (χ4v) is 0.485. The minimum Gasteiger partial charge on any atom is -0.318 e. The van der Waals surface area contributed by atoms with Crippen molar-refractivity contribution in [3.05, 3.63) is 0 Å². The summed E-state index contributed by atoms with van der Waals surface area (Å²) in [6.07, 6.45) is -4.17. The molecule has 0 aromatic rings. The van der Waals surface area contributed by atoms with Crippen LogP contribution in [0.15, 0.2) is 0 Å². The van der Waals surface area contributed by atoms with Gasteiger partial charge in [-0.15, -0.1) is 0 Å². The largest absolute Gasteiger partial charge is 0.395 e. The third-order valence-electron chi connectivity index (χ3n) is 1.48. The maximum atomic E-state index is 12.1. The van der Waals surface area contributed by atoms with Gasteiger partial charge in [-0.05, 0) is 13.8 Å². The van der Waals surface area contributed by atoms with Gasteiger partial charge in [0.05, 0.1) is 5.41 Å². The minimum atomic E-state index is -4.17. The number of hydrogen-bond donors (Lipinski definition) is 2. The minimum absolute atomic E-state index is 0.0690. The second-order valence-electron chi connectivity index (χ2n) is 3.01. The van der Waals surface area contributed by atoms with Crippen molar-refractivity contribution in [3.63, 3.8) is 0 Å². The molecule has 0 aromatic carbocycles. The zero-order valence-electron chi connectivity index (χ0n) is 6.63. The summed E-state index contributed by atoms with van der Waals surface area (Å²) in [6, 6.07) is 0. The van der Waals surface area contributed by atoms with Crippen LogP contribution in [0.5, 0.6) is 0 Å². The van der Waals surface area contributed by atoms with Gasteiger partial charge in [-0.1, -0.05) is 0 Å². The topological polar surface area (TPSA) is 38.0 Å². The Morgan fingerprint density at radius 1 is 1.27 bits per heavy atom. The molecule has 2 nitrogen and oxygen atoms in total. The van der Waals surface area contributed by atoms with E-state index in [1.165, 1.54) is 0 Å². The lowest BCUT2D eigenvalue weighted by Gasteiger charge is -2.27. The van der Waals surface area contributed by atoms with E-state index in [0.717, 1.165) is 13.8 Å². The monoisotopic (exact) mass is 170 g/mol. The van der Waals surface area contributed by atoms with Gasteiger partial charge in [0.1, 0.15) is 0 Å². The molecule has 0 saturated heterocycles. The molecule has 0 fully saturated rings. The molecular weight excluding hydrogens is 157 g/mol. The van der Waals surface area contributed by atoms with E-state index < -0.39 is 11.6 Å². The van der Waals surface area contributed by atoms with Gasteiger partial charge in [-0.2, -0.15) is 13.2 Å². The van der Waals surface area contributed by atoms with Gasteiger partial charge in [-0.3, -0.25) is 0 Å². The standard InChI is InChI=1S/C6H13F3N2/c1-5(2,3-11-4-10)6(7,8)9/h11H,3-4,10H2,1-2H3. The van der Waals surface area contributed by atoms with Crippen LogP contribution in [-0.2, 0) is 0 Å². The number of rotatable bonds is 3. The van der Waals surface area contributed by atoms with Crippen LogP contribution in [-0.4, -0.2) is 19.4 Å². The summed E-state index contributed by atoms with van der Waals surface area (Å²) < 4.78 is 36.2. The van der Waals surface area contributed by atoms with Crippen LogP contribution in [0.2, 0.25) is 0 Å². The Morgan fingerprint density at radius 2 is 1.73 bits per heavy atom. The van der Waals surface area contributed by atoms with Crippen molar-refractivity contribution in [3.8, 4) is 0 Å². The Morgan fingerprint density at radius 3 is 2.00 bits per heavy atom. The van der Waals surface area contributed by atoms with E-state index in [9.17, 15) is 13.2 Å². The van der Waals surface area contributed by atoms with Gasteiger partial charge in [0.15, 0.2) is 0 Å². The summed E-state index contributed by atoms with van der Waals surface area (Å²) in [4.78, 5) is 0. The van der Waals surface area contributed by atoms with Crippen LogP contribution in [0, 0.1) is 5.41 Å². The zero-order valence-corrected chi connectivity index (χ0v) is 6.63. The van der Waals surface area contributed by atoms with Gasteiger partial charge in [0, 0.05) is 13.2 Å². The molecule has 0 radical (unpaired) electrons. The maximum absolute atomic E-state index is 12.1. The number of nitrogens with two attached hydrogens (primary N) is 1. The molecule has 5 heteroatoms. The summed E-state index contributed by atoms with van der Waals surface area (Å²) in [5.74, 6) is 0. The zero-order chi connectivity index (χ0) is 9.12. The van der Waals surface area contributed by atoms with Gasteiger partial charge < -0.3 is 11.1 Å². The molecule has 0 aliphatic rings. The van der Waals surface area contributed by atoms with Crippen molar-refractivity contribution >= 4 is 0 Å². The number of hydrogen-bond acceptors (Lipinski definition) is 2. The first-order chi connectivity index (χ1) is 4.81. The number of alkyl halides is 3. The molecule has 0 bridgehead atoms. The SMILES string of the molecule is CC(C)(CNCN)C(F)(F)F. The molecule has 0 saturated carbocycles. The van der Waals surface area contributed by atoms with Crippen molar-refractivity contribution in [2.75, 3.05) is 13.2 Å². The van der Waals surface area contributed by atoms with E-state index in [1.807, 2.05) is 0 Å². The Kier molecular flexibility index (Phi) is 3.31. The smallest absolute Gasteiger partial charge is 0.318 e. The van der Waals surface area contributed by atoms with E-state index in [1.54, 1.807) is 0 Å². The molecule has 0 amide bonds. The van der Waals surface area contributed by atoms with Crippen molar-refractivity contribution in [2.24, 2.45) is 11.1 Å². The first kappa shape index (κ1) is 10.7. The van der Waals surface area contributed by atoms with Crippen LogP contribution < -0.4 is 11.1 Å². The highest BCUT2D eigenvalue weighted by atomic mass is 19.4. The van der Waals surface area contributed by atoms with E-state index >= 15 is 0 Å². The fraction of sp³-hybridized carbons (Fsp3) is 1.00. The first-order valence-electron chi connectivity index (χ1n) is 3.29. The maximum Gasteiger partial charge on any atom is 0.395 e. The van der Waals surface area contributed by atoms with Crippen molar-refractivity contribution < 1.29 is 13.2 Å². The molecule has 11 heavy (non-hydrogen) atoms. The van der Waals surface area contributed by atoms with Crippen molar-refractivity contribution in [2.45, 2.75) is 20.0 Å². The van der Waals surface area contributed by atoms with Crippen molar-refractivity contribution in [1.82, 2.24) is 5.32 Å². The third kappa shape index (κ3) is 3.07. The van der Waals surface area contributed by atoms with Gasteiger partial charge in [0.25, 0.3) is 0 Å². The predicted molar refractivity (Wildman–Crippen MR) is 36.9 cm³/mol. The molecule has 0 aliphatic carbocycles. The summed E-state index contributed by atoms with van der Waals surface area (Å²) >= 11 is 0. The number of nitrogens with one attached hydrogen (secondary N) is 1. The van der Waals surface area contributed by atoms with E-state index in [-0.39, 0.29) is 13.2 Å². The van der Waals surface area contributed by atoms with Crippen LogP contribution in [0.1, 0.15) is 13.8 Å². The second kappa shape index (κ2) is 3.40. The van der Waals surface area contributed by atoms with Crippen LogP contribution >= 0.6 is 0 Å². The molecule has 0 rings (SSSR count). The lowest BCUT2D eigenvalue weighted by Crippen LogP contribution is -2.42. The van der Waals surface area contributed by atoms with E-state index in [2.05, 4.69) is 5.32 Å². The fourth-order valence-electron chi connectivity index (χ4n) is 0.485. The lowest BCUT2D eigenvalue weighted by atomic mass is 9.93. The normalized spacial score (nSPS) is 13.6. The Hall–Kier alpha value is -0.290. The first-order valence-corrected chi connectivity index (χ1v) is 3.29. The molecule has 0 aliphatic heterocycles. The molecule has 68 valence electrons. The summed E-state index contributed by atoms with van der Waals surface area (Å²) in [5.41, 5.74) is 3.30. The Bertz CT molecular complexity index is 119. The van der Waals surface area contributed by atoms with Crippen LogP contribution in [0.3, 0.4) is 0 Å². The number of halogens is 3. The van der Waals surface area contributed by atoms with Gasteiger partial charge in [0.2, 0.25) is 0 Å². The molecule has 0 heterocycles. The third-order valence-corrected chi connectivity index (χ3v) is 1.48. The summed E-state index contributed by atoms with van der Waals surface area (Å²) in [5, 5.41) is 2.45. The summed E-state index contributed by atoms with van der Waals surface area (Å²) in [7, 11) is 0. The van der Waals surface area contributed by atoms with Crippen LogP contribution in [0.4, 0.5) is 13.2 Å². The highest BCUT2D eigenvalue weighted by Gasteiger charge is 2.46. The molecule has 0 spiro atoms. The molecular formula is C6H13F3N2. The lowest BCUT2D eigenvalue weighted by molar-refractivity contribution is -0.209.